The van der Waals surface area contributed by atoms with Crippen molar-refractivity contribution in [1.82, 2.24) is 14.7 Å². The number of nitrogens with zero attached hydrogens (tertiary/aromatic N) is 3. The zero-order valence-electron chi connectivity index (χ0n) is 17.2. The first-order valence-corrected chi connectivity index (χ1v) is 10.9. The molecule has 0 saturated carbocycles. The second-order valence-electron chi connectivity index (χ2n) is 8.89. The lowest BCUT2D eigenvalue weighted by molar-refractivity contribution is -0.136. The third-order valence-electron chi connectivity index (χ3n) is 7.16. The summed E-state index contributed by atoms with van der Waals surface area (Å²) in [5.74, 6) is 0.472. The number of piperidine rings is 2. The van der Waals surface area contributed by atoms with E-state index in [1.54, 1.807) is 4.90 Å². The van der Waals surface area contributed by atoms with Crippen LogP contribution in [0.5, 0.6) is 0 Å². The third-order valence-corrected chi connectivity index (χ3v) is 7.16. The fourth-order valence-electron chi connectivity index (χ4n) is 5.71. The van der Waals surface area contributed by atoms with Crippen LogP contribution in [0.3, 0.4) is 0 Å². The molecule has 3 aliphatic rings. The zero-order chi connectivity index (χ0) is 19.7. The summed E-state index contributed by atoms with van der Waals surface area (Å²) < 4.78 is 0. The maximum absolute atomic E-state index is 13.4. The quantitative estimate of drug-likeness (QED) is 0.803. The van der Waals surface area contributed by atoms with Crippen molar-refractivity contribution in [1.29, 1.82) is 0 Å². The highest BCUT2D eigenvalue weighted by Crippen LogP contribution is 2.38. The lowest BCUT2D eigenvalue weighted by Crippen LogP contribution is -2.51. The first-order chi connectivity index (χ1) is 13.6. The molecule has 3 heterocycles. The second kappa shape index (κ2) is 8.24. The molecule has 4 atom stereocenters. The van der Waals surface area contributed by atoms with E-state index in [0.717, 1.165) is 12.1 Å². The van der Waals surface area contributed by atoms with E-state index in [4.69, 9.17) is 0 Å². The van der Waals surface area contributed by atoms with Crippen molar-refractivity contribution in [2.24, 2.45) is 11.8 Å². The molecule has 0 N–H and O–H groups in total. The Kier molecular flexibility index (Phi) is 5.72. The molecule has 3 fully saturated rings. The maximum Gasteiger partial charge on any atom is 0.228 e. The second-order valence-corrected chi connectivity index (χ2v) is 8.89. The van der Waals surface area contributed by atoms with Crippen molar-refractivity contribution in [3.8, 4) is 0 Å². The molecule has 2 amide bonds. The predicted octanol–water partition coefficient (Wildman–Crippen LogP) is 2.93. The fourth-order valence-corrected chi connectivity index (χ4v) is 5.71. The molecule has 152 valence electrons. The Morgan fingerprint density at radius 2 is 1.86 bits per heavy atom. The molecule has 4 unspecified atom stereocenters. The van der Waals surface area contributed by atoms with Gasteiger partial charge in [0.15, 0.2) is 0 Å². The molecular weight excluding hydrogens is 350 g/mol. The van der Waals surface area contributed by atoms with Gasteiger partial charge in [0.1, 0.15) is 0 Å². The number of likely N-dealkylation sites (tertiary alicyclic amines) is 1. The van der Waals surface area contributed by atoms with E-state index < -0.39 is 0 Å². The highest BCUT2D eigenvalue weighted by molar-refractivity contribution is 5.90. The molecule has 5 heteroatoms. The number of benzene rings is 1. The molecule has 1 aromatic carbocycles. The van der Waals surface area contributed by atoms with Gasteiger partial charge in [0, 0.05) is 33.1 Å². The topological polar surface area (TPSA) is 43.9 Å². The largest absolute Gasteiger partial charge is 0.345 e. The van der Waals surface area contributed by atoms with Crippen LogP contribution in [-0.4, -0.2) is 66.3 Å². The summed E-state index contributed by atoms with van der Waals surface area (Å²) in [5, 5.41) is 0. The van der Waals surface area contributed by atoms with Crippen molar-refractivity contribution in [3.63, 3.8) is 0 Å². The van der Waals surface area contributed by atoms with Gasteiger partial charge in [-0.15, -0.1) is 0 Å². The van der Waals surface area contributed by atoms with Crippen molar-refractivity contribution >= 4 is 11.8 Å². The first-order valence-electron chi connectivity index (χ1n) is 10.9. The summed E-state index contributed by atoms with van der Waals surface area (Å²) >= 11 is 0. The molecule has 3 saturated heterocycles. The Bertz CT molecular complexity index is 705. The molecule has 3 aliphatic heterocycles. The Labute approximate surface area is 168 Å². The molecule has 28 heavy (non-hydrogen) atoms. The van der Waals surface area contributed by atoms with E-state index >= 15 is 0 Å². The van der Waals surface area contributed by atoms with Crippen LogP contribution < -0.4 is 0 Å². The average Bonchev–Trinajstić information content (AvgIpc) is 3.03. The zero-order valence-corrected chi connectivity index (χ0v) is 17.2. The first kappa shape index (κ1) is 19.4. The highest BCUT2D eigenvalue weighted by atomic mass is 16.2. The van der Waals surface area contributed by atoms with E-state index in [1.807, 2.05) is 49.3 Å². The van der Waals surface area contributed by atoms with Gasteiger partial charge in [0.05, 0.1) is 12.0 Å². The van der Waals surface area contributed by atoms with Crippen LogP contribution in [0.15, 0.2) is 30.3 Å². The SMILES string of the molecule is CN(CC1CCCN2CCCCC12)C(=O)C1CC(=O)N(C)C1c1ccccc1. The van der Waals surface area contributed by atoms with Gasteiger partial charge in [-0.3, -0.25) is 9.59 Å². The highest BCUT2D eigenvalue weighted by Gasteiger charge is 2.44. The van der Waals surface area contributed by atoms with Gasteiger partial charge in [0.2, 0.25) is 11.8 Å². The van der Waals surface area contributed by atoms with Gasteiger partial charge < -0.3 is 14.7 Å². The number of carbonyl (C=O) groups is 2. The number of fused-ring (bicyclic) bond motifs is 1. The minimum atomic E-state index is -0.282. The molecule has 0 aliphatic carbocycles. The summed E-state index contributed by atoms with van der Waals surface area (Å²) in [6, 6.07) is 10.5. The van der Waals surface area contributed by atoms with E-state index in [0.29, 0.717) is 18.4 Å². The van der Waals surface area contributed by atoms with Gasteiger partial charge in [-0.25, -0.2) is 0 Å². The van der Waals surface area contributed by atoms with Crippen LogP contribution in [0.1, 0.15) is 50.1 Å². The van der Waals surface area contributed by atoms with E-state index in [-0.39, 0.29) is 23.8 Å². The third kappa shape index (κ3) is 3.69. The van der Waals surface area contributed by atoms with Gasteiger partial charge >= 0.3 is 0 Å². The molecule has 0 aromatic heterocycles. The smallest absolute Gasteiger partial charge is 0.228 e. The van der Waals surface area contributed by atoms with Crippen molar-refractivity contribution in [2.45, 2.75) is 50.6 Å². The lowest BCUT2D eigenvalue weighted by Gasteiger charge is -2.45. The normalized spacial score (nSPS) is 30.9. The molecule has 0 radical (unpaired) electrons. The monoisotopic (exact) mass is 383 g/mol. The Hall–Kier alpha value is -1.88. The Morgan fingerprint density at radius 3 is 2.64 bits per heavy atom. The van der Waals surface area contributed by atoms with Crippen molar-refractivity contribution in [3.05, 3.63) is 35.9 Å². The van der Waals surface area contributed by atoms with Crippen LogP contribution in [0.25, 0.3) is 0 Å². The van der Waals surface area contributed by atoms with E-state index in [1.165, 1.54) is 45.2 Å². The number of carbonyl (C=O) groups excluding carboxylic acids is 2. The Balaban J connectivity index is 1.47. The summed E-state index contributed by atoms with van der Waals surface area (Å²) in [5.41, 5.74) is 1.05. The minimum absolute atomic E-state index is 0.0664. The molecule has 0 bridgehead atoms. The predicted molar refractivity (Wildman–Crippen MR) is 110 cm³/mol. The molecule has 1 aromatic rings. The Morgan fingerprint density at radius 1 is 1.11 bits per heavy atom. The lowest BCUT2D eigenvalue weighted by atomic mass is 9.83. The molecule has 0 spiro atoms. The standard InChI is InChI=1S/C23H33N3O2/c1-24(16-18-11-8-14-26-13-7-6-12-20(18)26)23(28)19-15-21(27)25(2)22(19)17-9-4-3-5-10-17/h3-5,9-10,18-20,22H,6-8,11-16H2,1-2H3. The van der Waals surface area contributed by atoms with Gasteiger partial charge in [-0.1, -0.05) is 36.8 Å². The summed E-state index contributed by atoms with van der Waals surface area (Å²) in [4.78, 5) is 32.1. The van der Waals surface area contributed by atoms with Gasteiger partial charge in [-0.05, 0) is 50.3 Å². The van der Waals surface area contributed by atoms with E-state index in [9.17, 15) is 9.59 Å². The number of amides is 2. The van der Waals surface area contributed by atoms with Crippen LogP contribution in [-0.2, 0) is 9.59 Å². The van der Waals surface area contributed by atoms with Gasteiger partial charge in [0.25, 0.3) is 0 Å². The van der Waals surface area contributed by atoms with Crippen LogP contribution >= 0.6 is 0 Å². The summed E-state index contributed by atoms with van der Waals surface area (Å²) in [6.45, 7) is 3.25. The van der Waals surface area contributed by atoms with Crippen LogP contribution in [0, 0.1) is 11.8 Å². The number of hydrogen-bond donors (Lipinski definition) is 0. The molecule has 5 nitrogen and oxygen atoms in total. The number of rotatable bonds is 4. The molecular formula is C23H33N3O2. The van der Waals surface area contributed by atoms with Crippen molar-refractivity contribution < 1.29 is 9.59 Å². The fraction of sp³-hybridized carbons (Fsp3) is 0.652. The summed E-state index contributed by atoms with van der Waals surface area (Å²) in [6.07, 6.45) is 6.66. The average molecular weight is 384 g/mol. The van der Waals surface area contributed by atoms with Gasteiger partial charge in [-0.2, -0.15) is 0 Å². The van der Waals surface area contributed by atoms with Crippen LogP contribution in [0.4, 0.5) is 0 Å². The van der Waals surface area contributed by atoms with Crippen molar-refractivity contribution in [2.75, 3.05) is 33.7 Å². The number of hydrogen-bond acceptors (Lipinski definition) is 3. The summed E-state index contributed by atoms with van der Waals surface area (Å²) in [7, 11) is 3.77. The minimum Gasteiger partial charge on any atom is -0.345 e. The maximum atomic E-state index is 13.4. The van der Waals surface area contributed by atoms with E-state index in [2.05, 4.69) is 4.90 Å². The van der Waals surface area contributed by atoms with Crippen LogP contribution in [0.2, 0.25) is 0 Å². The molecule has 4 rings (SSSR count).